The lowest BCUT2D eigenvalue weighted by atomic mass is 10.1. The number of amides is 1. The van der Waals surface area contributed by atoms with Gasteiger partial charge in [-0.05, 0) is 25.0 Å². The summed E-state index contributed by atoms with van der Waals surface area (Å²) in [6.07, 6.45) is 5.22. The molecular formula is C11H15N3O. The predicted molar refractivity (Wildman–Crippen MR) is 57.1 cm³/mol. The molecule has 1 unspecified atom stereocenters. The molecule has 4 heteroatoms. The molecule has 15 heavy (non-hydrogen) atoms. The standard InChI is InChI=1S/C11H15N3O/c1-3-11(15)14-8-4-5-10(14)9-6-7-12-13(9)2/h3,6-7,10H,1,4-5,8H2,2H3. The maximum absolute atomic E-state index is 11.6. The smallest absolute Gasteiger partial charge is 0.246 e. The van der Waals surface area contributed by atoms with Crippen LogP contribution < -0.4 is 0 Å². The lowest BCUT2D eigenvalue weighted by Gasteiger charge is -2.23. The number of likely N-dealkylation sites (tertiary alicyclic amines) is 1. The lowest BCUT2D eigenvalue weighted by molar-refractivity contribution is -0.127. The summed E-state index contributed by atoms with van der Waals surface area (Å²) in [5.74, 6) is 0.0127. The molecule has 2 rings (SSSR count). The molecule has 1 aromatic heterocycles. The lowest BCUT2D eigenvalue weighted by Crippen LogP contribution is -2.29. The van der Waals surface area contributed by atoms with Crippen LogP contribution in [0.1, 0.15) is 24.6 Å². The van der Waals surface area contributed by atoms with Crippen LogP contribution in [0, 0.1) is 0 Å². The molecule has 0 bridgehead atoms. The molecule has 1 aliphatic heterocycles. The number of rotatable bonds is 2. The van der Waals surface area contributed by atoms with Crippen molar-refractivity contribution in [1.82, 2.24) is 14.7 Å². The minimum Gasteiger partial charge on any atom is -0.331 e. The maximum atomic E-state index is 11.6. The van der Waals surface area contributed by atoms with E-state index in [-0.39, 0.29) is 11.9 Å². The Bertz CT molecular complexity index is 383. The zero-order valence-corrected chi connectivity index (χ0v) is 8.89. The van der Waals surface area contributed by atoms with Crippen LogP contribution >= 0.6 is 0 Å². The second-order valence-corrected chi connectivity index (χ2v) is 3.77. The average Bonchev–Trinajstić information content (AvgIpc) is 2.84. The van der Waals surface area contributed by atoms with E-state index in [2.05, 4.69) is 11.7 Å². The van der Waals surface area contributed by atoms with Gasteiger partial charge >= 0.3 is 0 Å². The van der Waals surface area contributed by atoms with Crippen molar-refractivity contribution < 1.29 is 4.79 Å². The van der Waals surface area contributed by atoms with Crippen molar-refractivity contribution in [3.8, 4) is 0 Å². The van der Waals surface area contributed by atoms with Crippen LogP contribution in [-0.4, -0.2) is 27.1 Å². The van der Waals surface area contributed by atoms with Gasteiger partial charge in [0.05, 0.1) is 11.7 Å². The van der Waals surface area contributed by atoms with Crippen LogP contribution in [0.4, 0.5) is 0 Å². The summed E-state index contributed by atoms with van der Waals surface area (Å²) < 4.78 is 1.83. The third kappa shape index (κ3) is 1.67. The molecule has 4 nitrogen and oxygen atoms in total. The highest BCUT2D eigenvalue weighted by Gasteiger charge is 2.30. The van der Waals surface area contributed by atoms with E-state index in [1.165, 1.54) is 6.08 Å². The van der Waals surface area contributed by atoms with Crippen molar-refractivity contribution in [2.45, 2.75) is 18.9 Å². The van der Waals surface area contributed by atoms with Gasteiger partial charge < -0.3 is 4.90 Å². The van der Waals surface area contributed by atoms with E-state index in [1.807, 2.05) is 22.7 Å². The van der Waals surface area contributed by atoms with Crippen molar-refractivity contribution in [1.29, 1.82) is 0 Å². The first kappa shape index (κ1) is 9.96. The van der Waals surface area contributed by atoms with Gasteiger partial charge in [0.2, 0.25) is 5.91 Å². The van der Waals surface area contributed by atoms with E-state index in [0.717, 1.165) is 25.1 Å². The first-order valence-corrected chi connectivity index (χ1v) is 5.15. The molecule has 80 valence electrons. The summed E-state index contributed by atoms with van der Waals surface area (Å²) >= 11 is 0. The van der Waals surface area contributed by atoms with Gasteiger partial charge in [0.25, 0.3) is 0 Å². The fraction of sp³-hybridized carbons (Fsp3) is 0.455. The van der Waals surface area contributed by atoms with Crippen LogP contribution in [0.25, 0.3) is 0 Å². The highest BCUT2D eigenvalue weighted by molar-refractivity contribution is 5.87. The Labute approximate surface area is 89.2 Å². The van der Waals surface area contributed by atoms with Gasteiger partial charge in [0, 0.05) is 19.8 Å². The molecule has 0 spiro atoms. The minimum atomic E-state index is 0.0127. The van der Waals surface area contributed by atoms with E-state index in [1.54, 1.807) is 6.20 Å². The van der Waals surface area contributed by atoms with E-state index in [4.69, 9.17) is 0 Å². The van der Waals surface area contributed by atoms with Gasteiger partial charge in [-0.25, -0.2) is 0 Å². The number of hydrogen-bond donors (Lipinski definition) is 0. The number of nitrogens with zero attached hydrogens (tertiary/aromatic N) is 3. The Hall–Kier alpha value is -1.58. The summed E-state index contributed by atoms with van der Waals surface area (Å²) in [7, 11) is 1.91. The van der Waals surface area contributed by atoms with Crippen LogP contribution in [0.3, 0.4) is 0 Å². The Morgan fingerprint density at radius 1 is 1.73 bits per heavy atom. The van der Waals surface area contributed by atoms with Gasteiger partial charge in [0.15, 0.2) is 0 Å². The molecule has 0 radical (unpaired) electrons. The van der Waals surface area contributed by atoms with E-state index in [9.17, 15) is 4.79 Å². The summed E-state index contributed by atoms with van der Waals surface area (Å²) in [6, 6.07) is 2.14. The Kier molecular flexibility index (Phi) is 2.58. The third-order valence-electron chi connectivity index (χ3n) is 2.91. The van der Waals surface area contributed by atoms with E-state index in [0.29, 0.717) is 0 Å². The number of carbonyl (C=O) groups is 1. The molecule has 1 aromatic rings. The largest absolute Gasteiger partial charge is 0.331 e. The van der Waals surface area contributed by atoms with Crippen molar-refractivity contribution in [2.75, 3.05) is 6.54 Å². The zero-order valence-electron chi connectivity index (χ0n) is 8.89. The Morgan fingerprint density at radius 3 is 3.13 bits per heavy atom. The zero-order chi connectivity index (χ0) is 10.8. The summed E-state index contributed by atoms with van der Waals surface area (Å²) in [6.45, 7) is 4.35. The average molecular weight is 205 g/mol. The van der Waals surface area contributed by atoms with Crippen LogP contribution in [0.2, 0.25) is 0 Å². The molecular weight excluding hydrogens is 190 g/mol. The Morgan fingerprint density at radius 2 is 2.53 bits per heavy atom. The van der Waals surface area contributed by atoms with Crippen molar-refractivity contribution >= 4 is 5.91 Å². The number of aryl methyl sites for hydroxylation is 1. The van der Waals surface area contributed by atoms with Gasteiger partial charge in [-0.3, -0.25) is 9.48 Å². The van der Waals surface area contributed by atoms with Crippen molar-refractivity contribution in [2.24, 2.45) is 7.05 Å². The maximum Gasteiger partial charge on any atom is 0.246 e. The van der Waals surface area contributed by atoms with Gasteiger partial charge in [-0.1, -0.05) is 6.58 Å². The normalized spacial score (nSPS) is 20.6. The minimum absolute atomic E-state index is 0.0127. The quantitative estimate of drug-likeness (QED) is 0.682. The van der Waals surface area contributed by atoms with Crippen LogP contribution in [0.15, 0.2) is 24.9 Å². The van der Waals surface area contributed by atoms with Crippen LogP contribution in [-0.2, 0) is 11.8 Å². The molecule has 1 aliphatic rings. The van der Waals surface area contributed by atoms with Crippen LogP contribution in [0.5, 0.6) is 0 Å². The fourth-order valence-electron chi connectivity index (χ4n) is 2.17. The van der Waals surface area contributed by atoms with Crippen molar-refractivity contribution in [3.05, 3.63) is 30.6 Å². The highest BCUT2D eigenvalue weighted by Crippen LogP contribution is 2.31. The molecule has 2 heterocycles. The number of aromatic nitrogens is 2. The SMILES string of the molecule is C=CC(=O)N1CCCC1c1ccnn1C. The summed E-state index contributed by atoms with van der Waals surface area (Å²) in [5, 5.41) is 4.13. The van der Waals surface area contributed by atoms with Crippen molar-refractivity contribution in [3.63, 3.8) is 0 Å². The topological polar surface area (TPSA) is 38.1 Å². The molecule has 0 saturated carbocycles. The molecule has 1 fully saturated rings. The monoisotopic (exact) mass is 205 g/mol. The molecule has 1 saturated heterocycles. The summed E-state index contributed by atoms with van der Waals surface area (Å²) in [4.78, 5) is 13.5. The van der Waals surface area contributed by atoms with Gasteiger partial charge in [-0.15, -0.1) is 0 Å². The van der Waals surface area contributed by atoms with E-state index < -0.39 is 0 Å². The fourth-order valence-corrected chi connectivity index (χ4v) is 2.17. The number of carbonyl (C=O) groups excluding carboxylic acids is 1. The predicted octanol–water partition coefficient (Wildman–Crippen LogP) is 1.27. The second-order valence-electron chi connectivity index (χ2n) is 3.77. The Balaban J connectivity index is 2.25. The highest BCUT2D eigenvalue weighted by atomic mass is 16.2. The van der Waals surface area contributed by atoms with Gasteiger partial charge in [-0.2, -0.15) is 5.10 Å². The molecule has 1 amide bonds. The van der Waals surface area contributed by atoms with Gasteiger partial charge in [0.1, 0.15) is 0 Å². The first-order chi connectivity index (χ1) is 7.24. The summed E-state index contributed by atoms with van der Waals surface area (Å²) in [5.41, 5.74) is 1.10. The molecule has 0 N–H and O–H groups in total. The second kappa shape index (κ2) is 3.88. The van der Waals surface area contributed by atoms with E-state index >= 15 is 0 Å². The third-order valence-corrected chi connectivity index (χ3v) is 2.91. The molecule has 0 aliphatic carbocycles. The number of hydrogen-bond acceptors (Lipinski definition) is 2. The first-order valence-electron chi connectivity index (χ1n) is 5.15. The molecule has 0 aromatic carbocycles. The molecule has 1 atom stereocenters.